The van der Waals surface area contributed by atoms with Crippen LogP contribution in [-0.2, 0) is 13.6 Å². The predicted molar refractivity (Wildman–Crippen MR) is 62.9 cm³/mol. The lowest BCUT2D eigenvalue weighted by atomic mass is 10.00. The number of benzene rings is 1. The first-order chi connectivity index (χ1) is 8.18. The van der Waals surface area contributed by atoms with E-state index in [0.717, 1.165) is 22.5 Å². The lowest BCUT2D eigenvalue weighted by molar-refractivity contribution is 0.0688. The van der Waals surface area contributed by atoms with Gasteiger partial charge in [0.25, 0.3) is 0 Å². The van der Waals surface area contributed by atoms with E-state index in [-0.39, 0.29) is 5.69 Å². The molecule has 2 aromatic rings. The highest BCUT2D eigenvalue weighted by atomic mass is 16.4. The molecule has 5 heteroatoms. The van der Waals surface area contributed by atoms with Gasteiger partial charge in [-0.3, -0.25) is 4.68 Å². The van der Waals surface area contributed by atoms with Crippen molar-refractivity contribution in [1.29, 1.82) is 0 Å². The van der Waals surface area contributed by atoms with Crippen LogP contribution in [0.4, 0.5) is 5.69 Å². The van der Waals surface area contributed by atoms with Crippen molar-refractivity contribution in [2.75, 3.05) is 5.32 Å². The smallest absolute Gasteiger partial charge is 0.356 e. The molecule has 0 radical (unpaired) electrons. The van der Waals surface area contributed by atoms with Crippen LogP contribution in [0.3, 0.4) is 0 Å². The predicted octanol–water partition coefficient (Wildman–Crippen LogP) is 1.71. The second kappa shape index (κ2) is 3.35. The van der Waals surface area contributed by atoms with Gasteiger partial charge in [0.15, 0.2) is 5.69 Å². The molecule has 0 saturated heterocycles. The molecular weight excluding hydrogens is 218 g/mol. The molecule has 0 saturated carbocycles. The average molecular weight is 229 g/mol. The van der Waals surface area contributed by atoms with E-state index in [0.29, 0.717) is 6.54 Å². The van der Waals surface area contributed by atoms with E-state index in [9.17, 15) is 4.79 Å². The zero-order valence-corrected chi connectivity index (χ0v) is 9.27. The van der Waals surface area contributed by atoms with Gasteiger partial charge >= 0.3 is 5.97 Å². The number of carboxylic acids is 1. The summed E-state index contributed by atoms with van der Waals surface area (Å²) < 4.78 is 1.64. The topological polar surface area (TPSA) is 67.2 Å². The maximum Gasteiger partial charge on any atom is 0.356 e. The van der Waals surface area contributed by atoms with Gasteiger partial charge in [-0.25, -0.2) is 4.79 Å². The lowest BCUT2D eigenvalue weighted by Gasteiger charge is -2.19. The van der Waals surface area contributed by atoms with Crippen LogP contribution in [0.2, 0.25) is 0 Å². The summed E-state index contributed by atoms with van der Waals surface area (Å²) in [5.41, 5.74) is 3.77. The number of hydrogen-bond donors (Lipinski definition) is 2. The van der Waals surface area contributed by atoms with E-state index in [2.05, 4.69) is 10.4 Å². The first-order valence-electron chi connectivity index (χ1n) is 5.31. The fraction of sp³-hybridized carbons (Fsp3) is 0.167. The Balaban J connectivity index is 2.30. The fourth-order valence-electron chi connectivity index (χ4n) is 2.27. The molecule has 0 atom stereocenters. The number of para-hydroxylation sites is 1. The van der Waals surface area contributed by atoms with Crippen molar-refractivity contribution in [3.8, 4) is 11.3 Å². The van der Waals surface area contributed by atoms with E-state index >= 15 is 0 Å². The summed E-state index contributed by atoms with van der Waals surface area (Å²) in [7, 11) is 1.77. The molecule has 1 aromatic carbocycles. The second-order valence-corrected chi connectivity index (χ2v) is 4.00. The molecular formula is C12H11N3O2. The number of fused-ring (bicyclic) bond motifs is 3. The summed E-state index contributed by atoms with van der Waals surface area (Å²) >= 11 is 0. The minimum absolute atomic E-state index is 0.129. The normalized spacial score (nSPS) is 12.5. The van der Waals surface area contributed by atoms with Gasteiger partial charge in [-0.2, -0.15) is 5.10 Å². The molecule has 17 heavy (non-hydrogen) atoms. The molecule has 1 aliphatic heterocycles. The Morgan fingerprint density at radius 2 is 2.24 bits per heavy atom. The Kier molecular flexibility index (Phi) is 1.95. The van der Waals surface area contributed by atoms with Crippen molar-refractivity contribution in [2.24, 2.45) is 7.05 Å². The van der Waals surface area contributed by atoms with E-state index in [1.807, 2.05) is 24.3 Å². The van der Waals surface area contributed by atoms with Gasteiger partial charge in [-0.05, 0) is 6.07 Å². The summed E-state index contributed by atoms with van der Waals surface area (Å²) in [6, 6.07) is 7.83. The monoisotopic (exact) mass is 229 g/mol. The number of nitrogens with one attached hydrogen (secondary N) is 1. The van der Waals surface area contributed by atoms with Gasteiger partial charge < -0.3 is 10.4 Å². The van der Waals surface area contributed by atoms with Gasteiger partial charge in [0, 0.05) is 30.4 Å². The Labute approximate surface area is 97.7 Å². The molecule has 0 spiro atoms. The van der Waals surface area contributed by atoms with E-state index < -0.39 is 5.97 Å². The summed E-state index contributed by atoms with van der Waals surface area (Å²) in [4.78, 5) is 11.1. The van der Waals surface area contributed by atoms with Gasteiger partial charge in [-0.1, -0.05) is 18.2 Å². The van der Waals surface area contributed by atoms with Crippen molar-refractivity contribution in [1.82, 2.24) is 9.78 Å². The van der Waals surface area contributed by atoms with Crippen LogP contribution >= 0.6 is 0 Å². The lowest BCUT2D eigenvalue weighted by Crippen LogP contribution is -2.11. The number of carbonyl (C=O) groups is 1. The SMILES string of the molecule is Cn1nc(C(=O)O)c2c1-c1ccccc1NC2. The molecule has 0 aliphatic carbocycles. The van der Waals surface area contributed by atoms with Gasteiger partial charge in [0.2, 0.25) is 0 Å². The van der Waals surface area contributed by atoms with Crippen molar-refractivity contribution in [3.63, 3.8) is 0 Å². The summed E-state index contributed by atoms with van der Waals surface area (Å²) in [6.07, 6.45) is 0. The molecule has 0 bridgehead atoms. The highest BCUT2D eigenvalue weighted by Gasteiger charge is 2.26. The molecule has 86 valence electrons. The quantitative estimate of drug-likeness (QED) is 0.781. The number of anilines is 1. The first kappa shape index (κ1) is 9.89. The maximum atomic E-state index is 11.1. The van der Waals surface area contributed by atoms with E-state index in [4.69, 9.17) is 5.11 Å². The Morgan fingerprint density at radius 3 is 3.00 bits per heavy atom. The summed E-state index contributed by atoms with van der Waals surface area (Å²) in [5.74, 6) is -0.983. The van der Waals surface area contributed by atoms with Gasteiger partial charge in [0.05, 0.1) is 5.69 Å². The molecule has 1 aromatic heterocycles. The van der Waals surface area contributed by atoms with Crippen LogP contribution < -0.4 is 5.32 Å². The Bertz CT molecular complexity index is 616. The molecule has 0 unspecified atom stereocenters. The van der Waals surface area contributed by atoms with Crippen LogP contribution in [0.1, 0.15) is 16.1 Å². The van der Waals surface area contributed by atoms with Crippen LogP contribution in [0.25, 0.3) is 11.3 Å². The highest BCUT2D eigenvalue weighted by Crippen LogP contribution is 2.36. The minimum Gasteiger partial charge on any atom is -0.476 e. The number of carboxylic acid groups (broad SMARTS) is 1. The minimum atomic E-state index is -0.983. The largest absolute Gasteiger partial charge is 0.476 e. The zero-order chi connectivity index (χ0) is 12.0. The number of aromatic nitrogens is 2. The highest BCUT2D eigenvalue weighted by molar-refractivity contribution is 5.92. The maximum absolute atomic E-state index is 11.1. The standard InChI is InChI=1S/C12H11N3O2/c1-15-11-7-4-2-3-5-9(7)13-6-8(11)10(14-15)12(16)17/h2-5,13H,6H2,1H3,(H,16,17). The first-order valence-corrected chi connectivity index (χ1v) is 5.31. The van der Waals surface area contributed by atoms with Gasteiger partial charge in [-0.15, -0.1) is 0 Å². The molecule has 5 nitrogen and oxygen atoms in total. The summed E-state index contributed by atoms with van der Waals surface area (Å²) in [6.45, 7) is 0.502. The zero-order valence-electron chi connectivity index (χ0n) is 9.27. The second-order valence-electron chi connectivity index (χ2n) is 4.00. The van der Waals surface area contributed by atoms with Gasteiger partial charge in [0.1, 0.15) is 0 Å². The molecule has 2 heterocycles. The molecule has 0 fully saturated rings. The third kappa shape index (κ3) is 1.32. The summed E-state index contributed by atoms with van der Waals surface area (Å²) in [5, 5.41) is 16.4. The Morgan fingerprint density at radius 1 is 1.47 bits per heavy atom. The number of hydrogen-bond acceptors (Lipinski definition) is 3. The van der Waals surface area contributed by atoms with Crippen molar-refractivity contribution in [3.05, 3.63) is 35.5 Å². The average Bonchev–Trinajstić information content (AvgIpc) is 2.67. The number of rotatable bonds is 1. The number of nitrogens with zero attached hydrogens (tertiary/aromatic N) is 2. The van der Waals surface area contributed by atoms with Crippen LogP contribution in [0.15, 0.2) is 24.3 Å². The third-order valence-corrected chi connectivity index (χ3v) is 2.99. The van der Waals surface area contributed by atoms with E-state index in [1.165, 1.54) is 0 Å². The number of aryl methyl sites for hydroxylation is 1. The molecule has 1 aliphatic rings. The van der Waals surface area contributed by atoms with E-state index in [1.54, 1.807) is 11.7 Å². The van der Waals surface area contributed by atoms with Crippen molar-refractivity contribution in [2.45, 2.75) is 6.54 Å². The molecule has 2 N–H and O–H groups in total. The van der Waals surface area contributed by atoms with Crippen LogP contribution in [-0.4, -0.2) is 20.9 Å². The molecule has 3 rings (SSSR count). The van der Waals surface area contributed by atoms with Crippen LogP contribution in [0, 0.1) is 0 Å². The third-order valence-electron chi connectivity index (χ3n) is 2.99. The van der Waals surface area contributed by atoms with Crippen LogP contribution in [0.5, 0.6) is 0 Å². The number of aromatic carboxylic acids is 1. The fourth-order valence-corrected chi connectivity index (χ4v) is 2.27. The van der Waals surface area contributed by atoms with Crippen molar-refractivity contribution < 1.29 is 9.90 Å². The molecule has 0 amide bonds. The Hall–Kier alpha value is -2.30. The van der Waals surface area contributed by atoms with Crippen molar-refractivity contribution >= 4 is 11.7 Å².